The van der Waals surface area contributed by atoms with Gasteiger partial charge in [0.1, 0.15) is 10.6 Å². The van der Waals surface area contributed by atoms with E-state index in [-0.39, 0.29) is 28.3 Å². The maximum Gasteiger partial charge on any atom is 0.338 e. The molecular formula is C23H28N2O6S. The lowest BCUT2D eigenvalue weighted by Gasteiger charge is -2.18. The Labute approximate surface area is 188 Å². The summed E-state index contributed by atoms with van der Waals surface area (Å²) >= 11 is 0. The molecule has 0 radical (unpaired) electrons. The summed E-state index contributed by atoms with van der Waals surface area (Å²) in [4.78, 5) is 24.7. The first kappa shape index (κ1) is 23.7. The third kappa shape index (κ3) is 6.30. The van der Waals surface area contributed by atoms with Crippen LogP contribution in [0.15, 0.2) is 53.4 Å². The van der Waals surface area contributed by atoms with Gasteiger partial charge in [-0.05, 0) is 43.0 Å². The molecule has 0 spiro atoms. The number of carbonyl (C=O) groups is 2. The standard InChI is InChI=1S/C23H28N2O6S/c1-3-7-19(16-8-5-4-6-9-16)24-22(26)15-31-23(27)17-10-13-20(30-2)21(14-17)32(28,29)25-18-11-12-18/h4-6,8-10,13-14,18-19,25H,3,7,11-12,15H2,1-2H3,(H,24,26). The molecule has 1 atom stereocenters. The first-order valence-corrected chi connectivity index (χ1v) is 12.0. The normalized spacial score (nSPS) is 14.4. The minimum atomic E-state index is -3.84. The predicted octanol–water partition coefficient (Wildman–Crippen LogP) is 2.95. The molecule has 2 N–H and O–H groups in total. The van der Waals surface area contributed by atoms with Gasteiger partial charge >= 0.3 is 5.97 Å². The smallest absolute Gasteiger partial charge is 0.338 e. The van der Waals surface area contributed by atoms with E-state index >= 15 is 0 Å². The molecule has 2 aromatic rings. The molecule has 3 rings (SSSR count). The number of hydrogen-bond donors (Lipinski definition) is 2. The van der Waals surface area contributed by atoms with E-state index in [1.165, 1.54) is 25.3 Å². The monoisotopic (exact) mass is 460 g/mol. The first-order chi connectivity index (χ1) is 15.3. The first-order valence-electron chi connectivity index (χ1n) is 10.6. The highest BCUT2D eigenvalue weighted by molar-refractivity contribution is 7.89. The molecular weight excluding hydrogens is 432 g/mol. The minimum Gasteiger partial charge on any atom is -0.495 e. The summed E-state index contributed by atoms with van der Waals surface area (Å²) in [6, 6.07) is 13.3. The Morgan fingerprint density at radius 1 is 1.12 bits per heavy atom. The van der Waals surface area contributed by atoms with E-state index in [9.17, 15) is 18.0 Å². The molecule has 1 aliphatic rings. The van der Waals surface area contributed by atoms with Gasteiger partial charge in [0, 0.05) is 6.04 Å². The van der Waals surface area contributed by atoms with Crippen LogP contribution in [0.3, 0.4) is 0 Å². The van der Waals surface area contributed by atoms with Crippen LogP contribution in [-0.4, -0.2) is 40.1 Å². The van der Waals surface area contributed by atoms with Crippen molar-refractivity contribution in [1.82, 2.24) is 10.0 Å². The molecule has 9 heteroatoms. The van der Waals surface area contributed by atoms with Crippen LogP contribution in [0.2, 0.25) is 0 Å². The van der Waals surface area contributed by atoms with Gasteiger partial charge in [-0.1, -0.05) is 43.7 Å². The van der Waals surface area contributed by atoms with Crippen molar-refractivity contribution < 1.29 is 27.5 Å². The summed E-state index contributed by atoms with van der Waals surface area (Å²) in [6.07, 6.45) is 3.18. The molecule has 0 aliphatic heterocycles. The molecule has 1 fully saturated rings. The van der Waals surface area contributed by atoms with Gasteiger partial charge in [0.05, 0.1) is 18.7 Å². The third-order valence-electron chi connectivity index (χ3n) is 5.04. The van der Waals surface area contributed by atoms with Crippen molar-refractivity contribution >= 4 is 21.9 Å². The van der Waals surface area contributed by atoms with Crippen molar-refractivity contribution in [3.05, 3.63) is 59.7 Å². The second kappa shape index (κ2) is 10.6. The van der Waals surface area contributed by atoms with Crippen LogP contribution in [0.5, 0.6) is 5.75 Å². The molecule has 1 saturated carbocycles. The molecule has 0 bridgehead atoms. The van der Waals surface area contributed by atoms with Crippen LogP contribution in [0.25, 0.3) is 0 Å². The van der Waals surface area contributed by atoms with Gasteiger partial charge in [0.15, 0.2) is 6.61 Å². The van der Waals surface area contributed by atoms with E-state index in [1.54, 1.807) is 0 Å². The van der Waals surface area contributed by atoms with Crippen molar-refractivity contribution in [3.8, 4) is 5.75 Å². The van der Waals surface area contributed by atoms with Crippen molar-refractivity contribution in [3.63, 3.8) is 0 Å². The fraction of sp³-hybridized carbons (Fsp3) is 0.391. The number of nitrogens with one attached hydrogen (secondary N) is 2. The van der Waals surface area contributed by atoms with E-state index < -0.39 is 28.5 Å². The number of hydrogen-bond acceptors (Lipinski definition) is 6. The Kier molecular flexibility index (Phi) is 7.87. The van der Waals surface area contributed by atoms with E-state index in [0.29, 0.717) is 0 Å². The number of rotatable bonds is 11. The van der Waals surface area contributed by atoms with Gasteiger partial charge in [-0.3, -0.25) is 4.79 Å². The number of ether oxygens (including phenoxy) is 2. The number of benzene rings is 2. The summed E-state index contributed by atoms with van der Waals surface area (Å²) in [5.74, 6) is -1.10. The summed E-state index contributed by atoms with van der Waals surface area (Å²) in [7, 11) is -2.49. The van der Waals surface area contributed by atoms with Gasteiger partial charge in [-0.15, -0.1) is 0 Å². The predicted molar refractivity (Wildman–Crippen MR) is 119 cm³/mol. The Morgan fingerprint density at radius 2 is 1.84 bits per heavy atom. The topological polar surface area (TPSA) is 111 Å². The van der Waals surface area contributed by atoms with Gasteiger partial charge in [0.2, 0.25) is 10.0 Å². The van der Waals surface area contributed by atoms with Gasteiger partial charge in [0.25, 0.3) is 5.91 Å². The number of carbonyl (C=O) groups excluding carboxylic acids is 2. The van der Waals surface area contributed by atoms with E-state index in [0.717, 1.165) is 31.2 Å². The molecule has 1 amide bonds. The molecule has 0 aromatic heterocycles. The number of amides is 1. The van der Waals surface area contributed by atoms with E-state index in [1.807, 2.05) is 37.3 Å². The average Bonchev–Trinajstić information content (AvgIpc) is 3.60. The van der Waals surface area contributed by atoms with Crippen LogP contribution >= 0.6 is 0 Å². The van der Waals surface area contributed by atoms with Gasteiger partial charge in [-0.25, -0.2) is 17.9 Å². The van der Waals surface area contributed by atoms with E-state index in [4.69, 9.17) is 9.47 Å². The second-order valence-corrected chi connectivity index (χ2v) is 9.34. The zero-order valence-corrected chi connectivity index (χ0v) is 19.0. The minimum absolute atomic E-state index is 0.0166. The van der Waals surface area contributed by atoms with Gasteiger partial charge in [-0.2, -0.15) is 0 Å². The highest BCUT2D eigenvalue weighted by Crippen LogP contribution is 2.28. The Bertz CT molecular complexity index is 1050. The van der Waals surface area contributed by atoms with Crippen molar-refractivity contribution in [2.75, 3.05) is 13.7 Å². The lowest BCUT2D eigenvalue weighted by atomic mass is 10.0. The van der Waals surface area contributed by atoms with Crippen LogP contribution in [0, 0.1) is 0 Å². The quantitative estimate of drug-likeness (QED) is 0.499. The Balaban J connectivity index is 1.65. The zero-order chi connectivity index (χ0) is 23.1. The SMILES string of the molecule is CCCC(NC(=O)COC(=O)c1ccc(OC)c(S(=O)(=O)NC2CC2)c1)c1ccccc1. The van der Waals surface area contributed by atoms with Crippen LogP contribution in [-0.2, 0) is 19.6 Å². The maximum absolute atomic E-state index is 12.6. The summed E-state index contributed by atoms with van der Waals surface area (Å²) in [6.45, 7) is 1.55. The fourth-order valence-corrected chi connectivity index (χ4v) is 4.74. The van der Waals surface area contributed by atoms with Crippen LogP contribution in [0.4, 0.5) is 0 Å². The summed E-state index contributed by atoms with van der Waals surface area (Å²) in [5, 5.41) is 2.88. The van der Waals surface area contributed by atoms with Crippen molar-refractivity contribution in [2.24, 2.45) is 0 Å². The highest BCUT2D eigenvalue weighted by atomic mass is 32.2. The number of methoxy groups -OCH3 is 1. The lowest BCUT2D eigenvalue weighted by Crippen LogP contribution is -2.32. The summed E-state index contributed by atoms with van der Waals surface area (Å²) < 4.78 is 38.1. The van der Waals surface area contributed by atoms with Gasteiger partial charge < -0.3 is 14.8 Å². The van der Waals surface area contributed by atoms with Crippen molar-refractivity contribution in [1.29, 1.82) is 0 Å². The van der Waals surface area contributed by atoms with Crippen LogP contribution in [0.1, 0.15) is 54.6 Å². The second-order valence-electron chi connectivity index (χ2n) is 7.66. The Morgan fingerprint density at radius 3 is 2.47 bits per heavy atom. The van der Waals surface area contributed by atoms with Crippen molar-refractivity contribution in [2.45, 2.75) is 49.6 Å². The molecule has 0 heterocycles. The summed E-state index contributed by atoms with van der Waals surface area (Å²) in [5.41, 5.74) is 0.991. The molecule has 1 unspecified atom stereocenters. The number of sulfonamides is 1. The lowest BCUT2D eigenvalue weighted by molar-refractivity contribution is -0.125. The molecule has 172 valence electrons. The highest BCUT2D eigenvalue weighted by Gasteiger charge is 2.30. The molecule has 2 aromatic carbocycles. The fourth-order valence-electron chi connectivity index (χ4n) is 3.24. The van der Waals surface area contributed by atoms with Crippen LogP contribution < -0.4 is 14.8 Å². The molecule has 32 heavy (non-hydrogen) atoms. The molecule has 0 saturated heterocycles. The number of esters is 1. The largest absolute Gasteiger partial charge is 0.495 e. The average molecular weight is 461 g/mol. The molecule has 8 nitrogen and oxygen atoms in total. The third-order valence-corrected chi connectivity index (χ3v) is 6.58. The molecule has 1 aliphatic carbocycles. The van der Waals surface area contributed by atoms with E-state index in [2.05, 4.69) is 10.0 Å². The zero-order valence-electron chi connectivity index (χ0n) is 18.2. The maximum atomic E-state index is 12.6. The Hall–Kier alpha value is -2.91.